The molecule has 3 rings (SSSR count). The van der Waals surface area contributed by atoms with Crippen LogP contribution in [0.1, 0.15) is 0 Å². The predicted molar refractivity (Wildman–Crippen MR) is 99.4 cm³/mol. The van der Waals surface area contributed by atoms with Crippen molar-refractivity contribution in [2.75, 3.05) is 23.8 Å². The number of para-hydroxylation sites is 1. The van der Waals surface area contributed by atoms with Crippen LogP contribution in [0, 0.1) is 5.82 Å². The van der Waals surface area contributed by atoms with Crippen LogP contribution >= 0.6 is 0 Å². The summed E-state index contributed by atoms with van der Waals surface area (Å²) in [5.41, 5.74) is 0.768. The van der Waals surface area contributed by atoms with E-state index >= 15 is 0 Å². The minimum Gasteiger partial charge on any atom is -0.406 e. The summed E-state index contributed by atoms with van der Waals surface area (Å²) in [6, 6.07) is 12.7. The fourth-order valence-corrected chi connectivity index (χ4v) is 2.46. The summed E-state index contributed by atoms with van der Waals surface area (Å²) >= 11 is 0. The van der Waals surface area contributed by atoms with E-state index in [1.807, 2.05) is 0 Å². The molecule has 0 radical (unpaired) electrons. The van der Waals surface area contributed by atoms with Crippen molar-refractivity contribution in [1.82, 2.24) is 9.97 Å². The van der Waals surface area contributed by atoms with Gasteiger partial charge in [0.15, 0.2) is 0 Å². The van der Waals surface area contributed by atoms with Crippen molar-refractivity contribution >= 4 is 17.5 Å². The molecule has 0 amide bonds. The van der Waals surface area contributed by atoms with Crippen molar-refractivity contribution in [2.45, 2.75) is 6.36 Å². The first-order chi connectivity index (χ1) is 13.8. The van der Waals surface area contributed by atoms with Gasteiger partial charge >= 0.3 is 6.36 Å². The minimum absolute atomic E-state index is 0.109. The number of aromatic nitrogens is 2. The molecule has 0 unspecified atom stereocenters. The number of benzene rings is 2. The monoisotopic (exact) mass is 408 g/mol. The Labute approximate surface area is 163 Å². The number of halogens is 4. The van der Waals surface area contributed by atoms with Gasteiger partial charge in [0.05, 0.1) is 18.0 Å². The number of nitrogens with one attached hydrogen (secondary N) is 2. The average molecular weight is 408 g/mol. The van der Waals surface area contributed by atoms with Gasteiger partial charge in [0, 0.05) is 18.2 Å². The lowest BCUT2D eigenvalue weighted by molar-refractivity contribution is -0.274. The minimum atomic E-state index is -4.82. The molecule has 0 bridgehead atoms. The second-order valence-corrected chi connectivity index (χ2v) is 5.79. The van der Waals surface area contributed by atoms with Crippen LogP contribution in [0.4, 0.5) is 35.0 Å². The van der Waals surface area contributed by atoms with Crippen LogP contribution in [0.15, 0.2) is 54.6 Å². The predicted octanol–water partition coefficient (Wildman–Crippen LogP) is 4.33. The summed E-state index contributed by atoms with van der Waals surface area (Å²) in [5, 5.41) is 14.6. The van der Waals surface area contributed by atoms with Crippen molar-refractivity contribution in [2.24, 2.45) is 0 Å². The highest BCUT2D eigenvalue weighted by Gasteiger charge is 2.31. The zero-order valence-electron chi connectivity index (χ0n) is 14.9. The molecule has 3 N–H and O–H groups in total. The molecular formula is C19H16F4N4O2. The van der Waals surface area contributed by atoms with Crippen molar-refractivity contribution in [3.63, 3.8) is 0 Å². The molecule has 6 nitrogen and oxygen atoms in total. The first-order valence-electron chi connectivity index (χ1n) is 8.45. The zero-order valence-corrected chi connectivity index (χ0v) is 14.9. The van der Waals surface area contributed by atoms with Crippen LogP contribution in [-0.2, 0) is 0 Å². The topological polar surface area (TPSA) is 79.3 Å². The molecule has 3 aromatic rings. The standard InChI is InChI=1S/C19H16F4N4O2/c20-14-6-1-2-7-15(14)25-17-11-16(26-18(27-17)24-8-9-28)12-4-3-5-13(10-12)29-19(21,22)23/h1-7,10-11,28H,8-9H2,(H2,24,25,26,27). The van der Waals surface area contributed by atoms with Gasteiger partial charge in [0.2, 0.25) is 5.95 Å². The number of nitrogens with zero attached hydrogens (tertiary/aromatic N) is 2. The van der Waals surface area contributed by atoms with Crippen LogP contribution in [0.25, 0.3) is 11.3 Å². The zero-order chi connectivity index (χ0) is 20.9. The number of hydrogen-bond donors (Lipinski definition) is 3. The summed E-state index contributed by atoms with van der Waals surface area (Å²) in [4.78, 5) is 8.43. The Hall–Kier alpha value is -3.40. The van der Waals surface area contributed by atoms with Gasteiger partial charge in [-0.25, -0.2) is 9.37 Å². The maximum absolute atomic E-state index is 13.9. The van der Waals surface area contributed by atoms with Crippen molar-refractivity contribution in [3.05, 3.63) is 60.4 Å². The third kappa shape index (κ3) is 5.79. The van der Waals surface area contributed by atoms with E-state index in [4.69, 9.17) is 5.11 Å². The Kier molecular flexibility index (Phi) is 6.13. The number of aliphatic hydroxyl groups is 1. The lowest BCUT2D eigenvalue weighted by Crippen LogP contribution is -2.17. The summed E-state index contributed by atoms with van der Waals surface area (Å²) in [6.45, 7) is -0.0294. The van der Waals surface area contributed by atoms with E-state index in [9.17, 15) is 17.6 Å². The number of ether oxygens (including phenoxy) is 1. The number of aliphatic hydroxyl groups excluding tert-OH is 1. The van der Waals surface area contributed by atoms with Gasteiger partial charge in [-0.15, -0.1) is 13.2 Å². The third-order valence-corrected chi connectivity index (χ3v) is 3.62. The fourth-order valence-electron chi connectivity index (χ4n) is 2.46. The van der Waals surface area contributed by atoms with E-state index in [0.717, 1.165) is 0 Å². The normalized spacial score (nSPS) is 11.2. The molecule has 0 aliphatic carbocycles. The summed E-state index contributed by atoms with van der Waals surface area (Å²) in [7, 11) is 0. The van der Waals surface area contributed by atoms with Crippen molar-refractivity contribution in [1.29, 1.82) is 0 Å². The summed E-state index contributed by atoms with van der Waals surface area (Å²) < 4.78 is 55.4. The molecule has 0 atom stereocenters. The Balaban J connectivity index is 1.97. The van der Waals surface area contributed by atoms with E-state index in [2.05, 4.69) is 25.3 Å². The number of alkyl halides is 3. The van der Waals surface area contributed by atoms with Gasteiger partial charge in [-0.3, -0.25) is 0 Å². The fraction of sp³-hybridized carbons (Fsp3) is 0.158. The van der Waals surface area contributed by atoms with Crippen LogP contribution in [0.5, 0.6) is 5.75 Å². The third-order valence-electron chi connectivity index (χ3n) is 3.62. The molecule has 2 aromatic carbocycles. The van der Waals surface area contributed by atoms with Gasteiger partial charge in [-0.05, 0) is 24.3 Å². The quantitative estimate of drug-likeness (QED) is 0.505. The maximum Gasteiger partial charge on any atom is 0.573 e. The van der Waals surface area contributed by atoms with E-state index in [0.29, 0.717) is 5.56 Å². The molecule has 0 fully saturated rings. The van der Waals surface area contributed by atoms with Gasteiger partial charge in [-0.2, -0.15) is 4.98 Å². The molecule has 0 aliphatic heterocycles. The average Bonchev–Trinajstić information content (AvgIpc) is 2.67. The van der Waals surface area contributed by atoms with Crippen LogP contribution < -0.4 is 15.4 Å². The molecule has 0 saturated heterocycles. The smallest absolute Gasteiger partial charge is 0.406 e. The Morgan fingerprint density at radius 2 is 1.79 bits per heavy atom. The van der Waals surface area contributed by atoms with Gasteiger partial charge < -0.3 is 20.5 Å². The highest BCUT2D eigenvalue weighted by Crippen LogP contribution is 2.29. The summed E-state index contributed by atoms with van der Waals surface area (Å²) in [6.07, 6.45) is -4.82. The summed E-state index contributed by atoms with van der Waals surface area (Å²) in [5.74, 6) is -0.583. The van der Waals surface area contributed by atoms with E-state index in [-0.39, 0.29) is 36.3 Å². The lowest BCUT2D eigenvalue weighted by atomic mass is 10.1. The first-order valence-corrected chi connectivity index (χ1v) is 8.45. The van der Waals surface area contributed by atoms with Crippen LogP contribution in [-0.4, -0.2) is 34.6 Å². The van der Waals surface area contributed by atoms with E-state index in [1.54, 1.807) is 12.1 Å². The molecule has 0 spiro atoms. The molecule has 152 valence electrons. The van der Waals surface area contributed by atoms with Gasteiger partial charge in [-0.1, -0.05) is 24.3 Å². The van der Waals surface area contributed by atoms with E-state index in [1.165, 1.54) is 42.5 Å². The van der Waals surface area contributed by atoms with Crippen LogP contribution in [0.2, 0.25) is 0 Å². The molecule has 0 saturated carbocycles. The molecule has 1 heterocycles. The molecular weight excluding hydrogens is 392 g/mol. The maximum atomic E-state index is 13.9. The Morgan fingerprint density at radius 3 is 2.52 bits per heavy atom. The van der Waals surface area contributed by atoms with Crippen LogP contribution in [0.3, 0.4) is 0 Å². The second-order valence-electron chi connectivity index (χ2n) is 5.79. The SMILES string of the molecule is OCCNc1nc(Nc2ccccc2F)cc(-c2cccc(OC(F)(F)F)c2)n1. The molecule has 29 heavy (non-hydrogen) atoms. The number of rotatable bonds is 7. The highest BCUT2D eigenvalue weighted by atomic mass is 19.4. The van der Waals surface area contributed by atoms with Gasteiger partial charge in [0.25, 0.3) is 0 Å². The molecule has 10 heteroatoms. The molecule has 0 aliphatic rings. The lowest BCUT2D eigenvalue weighted by Gasteiger charge is -2.13. The number of anilines is 3. The Bertz CT molecular complexity index is 982. The largest absolute Gasteiger partial charge is 0.573 e. The van der Waals surface area contributed by atoms with Gasteiger partial charge in [0.1, 0.15) is 17.4 Å². The highest BCUT2D eigenvalue weighted by molar-refractivity contribution is 5.68. The Morgan fingerprint density at radius 1 is 1.00 bits per heavy atom. The number of hydrogen-bond acceptors (Lipinski definition) is 6. The van der Waals surface area contributed by atoms with E-state index < -0.39 is 17.9 Å². The molecule has 1 aromatic heterocycles. The second kappa shape index (κ2) is 8.74. The van der Waals surface area contributed by atoms with Crippen molar-refractivity contribution in [3.8, 4) is 17.0 Å². The van der Waals surface area contributed by atoms with Crippen molar-refractivity contribution < 1.29 is 27.4 Å². The first kappa shape index (κ1) is 20.3.